The maximum absolute atomic E-state index is 12.4. The molecule has 1 aromatic carbocycles. The number of benzene rings is 1. The second kappa shape index (κ2) is 9.85. The van der Waals surface area contributed by atoms with Crippen molar-refractivity contribution >= 4 is 28.7 Å². The number of anilines is 1. The van der Waals surface area contributed by atoms with E-state index in [0.717, 1.165) is 11.1 Å². The molecule has 0 unspecified atom stereocenters. The molecule has 11 nitrogen and oxygen atoms in total. The van der Waals surface area contributed by atoms with Crippen molar-refractivity contribution in [1.82, 2.24) is 19.5 Å². The average Bonchev–Trinajstić information content (AvgIpc) is 3.03. The van der Waals surface area contributed by atoms with Gasteiger partial charge in [-0.15, -0.1) is 0 Å². The van der Waals surface area contributed by atoms with Crippen molar-refractivity contribution in [3.05, 3.63) is 45.9 Å². The van der Waals surface area contributed by atoms with Gasteiger partial charge in [0.15, 0.2) is 11.5 Å². The SMILES string of the molecule is COCCOc1nc(N)c2[nH]c(=O)n(Cc3ccc(CCC(=O)CC(=O)O)cc3)c2n1. The Morgan fingerprint density at radius 1 is 1.16 bits per heavy atom. The number of hydrogen-bond acceptors (Lipinski definition) is 8. The molecule has 0 bridgehead atoms. The summed E-state index contributed by atoms with van der Waals surface area (Å²) in [6.07, 6.45) is 0.144. The minimum atomic E-state index is -1.12. The molecule has 31 heavy (non-hydrogen) atoms. The molecular formula is C20H23N5O6. The van der Waals surface area contributed by atoms with E-state index in [-0.39, 0.29) is 42.9 Å². The molecule has 0 fully saturated rings. The summed E-state index contributed by atoms with van der Waals surface area (Å²) in [6, 6.07) is 7.40. The van der Waals surface area contributed by atoms with Gasteiger partial charge >= 0.3 is 17.7 Å². The number of aryl methyl sites for hydroxylation is 1. The largest absolute Gasteiger partial charge is 0.481 e. The highest BCUT2D eigenvalue weighted by Gasteiger charge is 2.15. The van der Waals surface area contributed by atoms with Gasteiger partial charge in [0.05, 0.1) is 13.2 Å². The first kappa shape index (κ1) is 22.0. The summed E-state index contributed by atoms with van der Waals surface area (Å²) in [4.78, 5) is 45.5. The number of nitrogens with zero attached hydrogens (tertiary/aromatic N) is 3. The molecule has 4 N–H and O–H groups in total. The lowest BCUT2D eigenvalue weighted by Crippen LogP contribution is -2.18. The van der Waals surface area contributed by atoms with E-state index in [1.165, 1.54) is 4.57 Å². The molecular weight excluding hydrogens is 406 g/mol. The van der Waals surface area contributed by atoms with E-state index >= 15 is 0 Å². The number of ketones is 1. The lowest BCUT2D eigenvalue weighted by atomic mass is 10.0. The van der Waals surface area contributed by atoms with E-state index in [0.29, 0.717) is 24.2 Å². The van der Waals surface area contributed by atoms with Crippen molar-refractivity contribution in [3.8, 4) is 6.01 Å². The van der Waals surface area contributed by atoms with Gasteiger partial charge in [-0.05, 0) is 17.5 Å². The number of ether oxygens (including phenoxy) is 2. The molecule has 164 valence electrons. The highest BCUT2D eigenvalue weighted by molar-refractivity contribution is 5.94. The lowest BCUT2D eigenvalue weighted by molar-refractivity contribution is -0.140. The van der Waals surface area contributed by atoms with Crippen LogP contribution < -0.4 is 16.2 Å². The molecule has 0 aliphatic carbocycles. The molecule has 0 saturated heterocycles. The number of imidazole rings is 1. The number of methoxy groups -OCH3 is 1. The maximum Gasteiger partial charge on any atom is 0.328 e. The number of aliphatic carboxylic acids is 1. The van der Waals surface area contributed by atoms with Gasteiger partial charge in [0, 0.05) is 13.5 Å². The van der Waals surface area contributed by atoms with Crippen molar-refractivity contribution < 1.29 is 24.2 Å². The second-order valence-corrected chi connectivity index (χ2v) is 6.87. The number of rotatable bonds is 11. The highest BCUT2D eigenvalue weighted by atomic mass is 16.5. The molecule has 11 heteroatoms. The van der Waals surface area contributed by atoms with E-state index in [2.05, 4.69) is 15.0 Å². The van der Waals surface area contributed by atoms with Gasteiger partial charge in [0.25, 0.3) is 0 Å². The third-order valence-electron chi connectivity index (χ3n) is 4.55. The van der Waals surface area contributed by atoms with E-state index in [1.54, 1.807) is 7.11 Å². The summed E-state index contributed by atoms with van der Waals surface area (Å²) in [5.74, 6) is -1.33. The number of carboxylic acid groups (broad SMARTS) is 1. The standard InChI is InChI=1S/C20H23N5O6/c1-30-8-9-31-19-23-17(21)16-18(24-19)25(20(29)22-16)11-13-4-2-12(3-5-13)6-7-14(26)10-15(27)28/h2-5H,6-11H2,1H3,(H,22,29)(H,27,28)(H2,21,23,24). The Kier molecular flexibility index (Phi) is 6.98. The Hall–Kier alpha value is -3.73. The normalized spacial score (nSPS) is 11.0. The molecule has 0 saturated carbocycles. The maximum atomic E-state index is 12.4. The minimum Gasteiger partial charge on any atom is -0.481 e. The predicted molar refractivity (Wildman–Crippen MR) is 111 cm³/mol. The third kappa shape index (κ3) is 5.66. The fourth-order valence-electron chi connectivity index (χ4n) is 2.99. The summed E-state index contributed by atoms with van der Waals surface area (Å²) in [6.45, 7) is 0.840. The molecule has 0 radical (unpaired) electrons. The molecule has 2 aromatic heterocycles. The Morgan fingerprint density at radius 3 is 2.55 bits per heavy atom. The number of carbonyl (C=O) groups is 2. The van der Waals surface area contributed by atoms with Crippen molar-refractivity contribution in [1.29, 1.82) is 0 Å². The van der Waals surface area contributed by atoms with Gasteiger partial charge in [0.2, 0.25) is 0 Å². The Labute approximate surface area is 176 Å². The predicted octanol–water partition coefficient (Wildman–Crippen LogP) is 0.752. The van der Waals surface area contributed by atoms with Crippen LogP contribution >= 0.6 is 0 Å². The number of aromatic nitrogens is 4. The number of fused-ring (bicyclic) bond motifs is 1. The van der Waals surface area contributed by atoms with Crippen LogP contribution in [0.4, 0.5) is 5.82 Å². The number of aromatic amines is 1. The van der Waals surface area contributed by atoms with Crippen LogP contribution in [0.25, 0.3) is 11.2 Å². The quantitative estimate of drug-likeness (QED) is 0.295. The highest BCUT2D eigenvalue weighted by Crippen LogP contribution is 2.19. The summed E-state index contributed by atoms with van der Waals surface area (Å²) >= 11 is 0. The molecule has 0 atom stereocenters. The zero-order valence-electron chi connectivity index (χ0n) is 17.0. The number of H-pyrrole nitrogens is 1. The Morgan fingerprint density at radius 2 is 1.87 bits per heavy atom. The first-order valence-electron chi connectivity index (χ1n) is 9.56. The van der Waals surface area contributed by atoms with Crippen molar-refractivity contribution in [2.45, 2.75) is 25.8 Å². The third-order valence-corrected chi connectivity index (χ3v) is 4.55. The number of nitrogens with one attached hydrogen (secondary N) is 1. The first-order valence-corrected chi connectivity index (χ1v) is 9.56. The van der Waals surface area contributed by atoms with Crippen molar-refractivity contribution in [2.75, 3.05) is 26.1 Å². The van der Waals surface area contributed by atoms with Crippen LogP contribution in [-0.4, -0.2) is 56.7 Å². The molecule has 3 aromatic rings. The molecule has 0 amide bonds. The van der Waals surface area contributed by atoms with Crippen LogP contribution in [0.2, 0.25) is 0 Å². The minimum absolute atomic E-state index is 0.0520. The van der Waals surface area contributed by atoms with Crippen LogP contribution in [0.3, 0.4) is 0 Å². The van der Waals surface area contributed by atoms with E-state index in [1.807, 2.05) is 24.3 Å². The molecule has 2 heterocycles. The van der Waals surface area contributed by atoms with Crippen molar-refractivity contribution in [2.24, 2.45) is 0 Å². The number of carbonyl (C=O) groups excluding carboxylic acids is 1. The molecule has 0 aliphatic rings. The van der Waals surface area contributed by atoms with Gasteiger partial charge in [-0.2, -0.15) is 9.97 Å². The number of Topliss-reactive ketones (excluding diaryl/α,β-unsaturated/α-hetero) is 1. The zero-order valence-corrected chi connectivity index (χ0v) is 17.0. The smallest absolute Gasteiger partial charge is 0.328 e. The van der Waals surface area contributed by atoms with Crippen LogP contribution in [-0.2, 0) is 27.3 Å². The van der Waals surface area contributed by atoms with E-state index in [9.17, 15) is 14.4 Å². The summed E-state index contributed by atoms with van der Waals surface area (Å²) in [7, 11) is 1.55. The molecule has 0 spiro atoms. The van der Waals surface area contributed by atoms with Gasteiger partial charge in [-0.3, -0.25) is 14.2 Å². The summed E-state index contributed by atoms with van der Waals surface area (Å²) in [5.41, 5.74) is 7.94. The fraction of sp³-hybridized carbons (Fsp3) is 0.350. The van der Waals surface area contributed by atoms with Crippen LogP contribution in [0.5, 0.6) is 6.01 Å². The summed E-state index contributed by atoms with van der Waals surface area (Å²) in [5, 5.41) is 8.64. The number of carboxylic acids is 1. The average molecular weight is 429 g/mol. The van der Waals surface area contributed by atoms with Gasteiger partial charge in [-0.25, -0.2) is 4.79 Å². The van der Waals surface area contributed by atoms with Gasteiger partial charge in [-0.1, -0.05) is 24.3 Å². The zero-order chi connectivity index (χ0) is 22.4. The van der Waals surface area contributed by atoms with E-state index in [4.69, 9.17) is 20.3 Å². The van der Waals surface area contributed by atoms with Gasteiger partial charge < -0.3 is 25.3 Å². The summed E-state index contributed by atoms with van der Waals surface area (Å²) < 4.78 is 11.8. The van der Waals surface area contributed by atoms with Crippen LogP contribution in [0.15, 0.2) is 29.1 Å². The number of nitrogen functional groups attached to an aromatic ring is 1. The fourth-order valence-corrected chi connectivity index (χ4v) is 2.99. The molecule has 0 aliphatic heterocycles. The molecule has 3 rings (SSSR count). The van der Waals surface area contributed by atoms with Gasteiger partial charge in [0.1, 0.15) is 24.3 Å². The lowest BCUT2D eigenvalue weighted by Gasteiger charge is -2.07. The second-order valence-electron chi connectivity index (χ2n) is 6.87. The topological polar surface area (TPSA) is 162 Å². The Bertz CT molecular complexity index is 1140. The Balaban J connectivity index is 1.75. The number of nitrogens with two attached hydrogens (primary N) is 1. The van der Waals surface area contributed by atoms with Crippen LogP contribution in [0, 0.1) is 0 Å². The monoisotopic (exact) mass is 429 g/mol. The first-order chi connectivity index (χ1) is 14.9. The van der Waals surface area contributed by atoms with Crippen LogP contribution in [0.1, 0.15) is 24.0 Å². The number of hydrogen-bond donors (Lipinski definition) is 3. The van der Waals surface area contributed by atoms with E-state index < -0.39 is 12.4 Å². The van der Waals surface area contributed by atoms with Crippen molar-refractivity contribution in [3.63, 3.8) is 0 Å².